The Balaban J connectivity index is 3.09. The van der Waals surface area contributed by atoms with Gasteiger partial charge in [-0.15, -0.1) is 0 Å². The zero-order valence-corrected chi connectivity index (χ0v) is 15.5. The number of allylic oxidation sites excluding steroid dienone is 1. The third kappa shape index (κ3) is 19.4. The summed E-state index contributed by atoms with van der Waals surface area (Å²) >= 11 is 0. The Morgan fingerprint density at radius 2 is 1.35 bits per heavy atom. The molecule has 0 aromatic heterocycles. The van der Waals surface area contributed by atoms with Crippen molar-refractivity contribution in [2.45, 2.75) is 97.0 Å². The van der Waals surface area contributed by atoms with E-state index in [4.69, 9.17) is 14.9 Å². The highest BCUT2D eigenvalue weighted by Gasteiger charge is 1.99. The summed E-state index contributed by atoms with van der Waals surface area (Å²) < 4.78 is 5.11. The fourth-order valence-electron chi connectivity index (χ4n) is 2.58. The van der Waals surface area contributed by atoms with E-state index in [9.17, 15) is 0 Å². The van der Waals surface area contributed by atoms with Crippen LogP contribution in [0.3, 0.4) is 0 Å². The van der Waals surface area contributed by atoms with Gasteiger partial charge in [-0.1, -0.05) is 78.1 Å². The van der Waals surface area contributed by atoms with Crippen molar-refractivity contribution in [2.24, 2.45) is 5.92 Å². The summed E-state index contributed by atoms with van der Waals surface area (Å²) in [6.45, 7) is 4.55. The lowest BCUT2D eigenvalue weighted by Crippen LogP contribution is -2.17. The molecule has 0 rings (SSSR count). The molecule has 0 amide bonds. The second-order valence-corrected chi connectivity index (χ2v) is 7.05. The van der Waals surface area contributed by atoms with Crippen LogP contribution in [0.5, 0.6) is 0 Å². The summed E-state index contributed by atoms with van der Waals surface area (Å²) in [5, 5.41) is 17.7. The summed E-state index contributed by atoms with van der Waals surface area (Å²) in [7, 11) is 0. The van der Waals surface area contributed by atoms with Crippen molar-refractivity contribution in [3.05, 3.63) is 12.3 Å². The summed E-state index contributed by atoms with van der Waals surface area (Å²) in [5.41, 5.74) is 0. The first-order chi connectivity index (χ1) is 11.2. The van der Waals surface area contributed by atoms with Gasteiger partial charge in [-0.2, -0.15) is 0 Å². The second-order valence-electron chi connectivity index (χ2n) is 7.05. The Labute approximate surface area is 144 Å². The minimum Gasteiger partial charge on any atom is -0.499 e. The van der Waals surface area contributed by atoms with Gasteiger partial charge in [0.05, 0.1) is 12.9 Å². The molecule has 0 fully saturated rings. The SMILES string of the molecule is CC(C)CCCCCCCCCCCC/C=C\OC[C@@H](O)CO. The zero-order valence-electron chi connectivity index (χ0n) is 15.5. The molecule has 0 saturated carbocycles. The Bertz CT molecular complexity index is 251. The van der Waals surface area contributed by atoms with Gasteiger partial charge in [0.15, 0.2) is 0 Å². The molecule has 0 radical (unpaired) electrons. The van der Waals surface area contributed by atoms with Gasteiger partial charge in [0.25, 0.3) is 0 Å². The fraction of sp³-hybridized carbons (Fsp3) is 0.900. The molecule has 0 aliphatic heterocycles. The van der Waals surface area contributed by atoms with E-state index in [1.807, 2.05) is 6.08 Å². The number of hydrogen-bond donors (Lipinski definition) is 2. The van der Waals surface area contributed by atoms with E-state index in [1.165, 1.54) is 70.6 Å². The molecule has 0 heterocycles. The summed E-state index contributed by atoms with van der Waals surface area (Å²) in [5.74, 6) is 0.864. The zero-order chi connectivity index (χ0) is 17.2. The van der Waals surface area contributed by atoms with Gasteiger partial charge in [-0.25, -0.2) is 0 Å². The molecule has 0 bridgehead atoms. The van der Waals surface area contributed by atoms with Gasteiger partial charge in [-0.3, -0.25) is 0 Å². The number of ether oxygens (including phenoxy) is 1. The normalized spacial score (nSPS) is 13.1. The van der Waals surface area contributed by atoms with Crippen LogP contribution >= 0.6 is 0 Å². The van der Waals surface area contributed by atoms with E-state index in [0.29, 0.717) is 0 Å². The van der Waals surface area contributed by atoms with E-state index >= 15 is 0 Å². The largest absolute Gasteiger partial charge is 0.499 e. The molecule has 0 aromatic carbocycles. The highest BCUT2D eigenvalue weighted by Crippen LogP contribution is 2.13. The molecule has 0 saturated heterocycles. The van der Waals surface area contributed by atoms with Crippen LogP contribution in [0, 0.1) is 5.92 Å². The average molecular weight is 329 g/mol. The van der Waals surface area contributed by atoms with Gasteiger partial charge in [0.2, 0.25) is 0 Å². The van der Waals surface area contributed by atoms with Crippen molar-refractivity contribution in [1.29, 1.82) is 0 Å². The van der Waals surface area contributed by atoms with Crippen molar-refractivity contribution in [2.75, 3.05) is 13.2 Å². The molecule has 3 nitrogen and oxygen atoms in total. The molecule has 138 valence electrons. The predicted octanol–water partition coefficient (Wildman–Crippen LogP) is 5.21. The van der Waals surface area contributed by atoms with Gasteiger partial charge in [0.1, 0.15) is 12.7 Å². The number of hydrogen-bond acceptors (Lipinski definition) is 3. The number of aliphatic hydroxyl groups excluding tert-OH is 2. The first-order valence-corrected chi connectivity index (χ1v) is 9.72. The van der Waals surface area contributed by atoms with Crippen molar-refractivity contribution in [3.8, 4) is 0 Å². The van der Waals surface area contributed by atoms with Crippen LogP contribution in [0.25, 0.3) is 0 Å². The minimum absolute atomic E-state index is 0.171. The molecule has 1 atom stereocenters. The first-order valence-electron chi connectivity index (χ1n) is 9.72. The smallest absolute Gasteiger partial charge is 0.115 e. The molecule has 3 heteroatoms. The van der Waals surface area contributed by atoms with Crippen molar-refractivity contribution < 1.29 is 14.9 Å². The monoisotopic (exact) mass is 328 g/mol. The maximum atomic E-state index is 9.07. The maximum Gasteiger partial charge on any atom is 0.115 e. The minimum atomic E-state index is -0.769. The molecule has 0 aromatic rings. The summed E-state index contributed by atoms with van der Waals surface area (Å²) in [6.07, 6.45) is 19.0. The van der Waals surface area contributed by atoms with Gasteiger partial charge in [-0.05, 0) is 24.8 Å². The molecule has 2 N–H and O–H groups in total. The number of unbranched alkanes of at least 4 members (excludes halogenated alkanes) is 10. The van der Waals surface area contributed by atoms with Gasteiger partial charge < -0.3 is 14.9 Å². The van der Waals surface area contributed by atoms with Crippen LogP contribution in [-0.2, 0) is 4.74 Å². The highest BCUT2D eigenvalue weighted by molar-refractivity contribution is 4.73. The van der Waals surface area contributed by atoms with Crippen molar-refractivity contribution in [3.63, 3.8) is 0 Å². The Hall–Kier alpha value is -0.540. The van der Waals surface area contributed by atoms with Crippen molar-refractivity contribution in [1.82, 2.24) is 0 Å². The van der Waals surface area contributed by atoms with Crippen molar-refractivity contribution >= 4 is 0 Å². The van der Waals surface area contributed by atoms with Gasteiger partial charge in [0, 0.05) is 0 Å². The van der Waals surface area contributed by atoms with E-state index in [0.717, 1.165) is 12.3 Å². The van der Waals surface area contributed by atoms with Crippen LogP contribution in [0.2, 0.25) is 0 Å². The maximum absolute atomic E-state index is 9.07. The van der Waals surface area contributed by atoms with E-state index < -0.39 is 6.10 Å². The molecular weight excluding hydrogens is 288 g/mol. The van der Waals surface area contributed by atoms with Crippen LogP contribution in [0.1, 0.15) is 90.9 Å². The van der Waals surface area contributed by atoms with Gasteiger partial charge >= 0.3 is 0 Å². The lowest BCUT2D eigenvalue weighted by molar-refractivity contribution is 0.0383. The quantitative estimate of drug-likeness (QED) is 0.285. The number of aliphatic hydroxyl groups is 2. The molecular formula is C20H40O3. The Kier molecular flexibility index (Phi) is 17.4. The molecule has 0 unspecified atom stereocenters. The standard InChI is InChI=1S/C20H40O3/c1-19(2)15-13-11-9-7-5-3-4-6-8-10-12-14-16-23-18-20(22)17-21/h14,16,19-22H,3-13,15,17-18H2,1-2H3/b16-14-/t20-/m0/s1. The third-order valence-electron chi connectivity index (χ3n) is 4.09. The summed E-state index contributed by atoms with van der Waals surface area (Å²) in [4.78, 5) is 0. The Morgan fingerprint density at radius 1 is 0.826 bits per heavy atom. The highest BCUT2D eigenvalue weighted by atomic mass is 16.5. The summed E-state index contributed by atoms with van der Waals surface area (Å²) in [6, 6.07) is 0. The van der Waals surface area contributed by atoms with E-state index in [2.05, 4.69) is 13.8 Å². The molecule has 0 spiro atoms. The lowest BCUT2D eigenvalue weighted by atomic mass is 10.0. The van der Waals surface area contributed by atoms with Crippen LogP contribution in [0.4, 0.5) is 0 Å². The van der Waals surface area contributed by atoms with Crippen LogP contribution in [-0.4, -0.2) is 29.5 Å². The molecule has 0 aliphatic carbocycles. The van der Waals surface area contributed by atoms with E-state index in [-0.39, 0.29) is 13.2 Å². The lowest BCUT2D eigenvalue weighted by Gasteiger charge is -2.05. The molecule has 0 aliphatic rings. The predicted molar refractivity (Wildman–Crippen MR) is 98.4 cm³/mol. The van der Waals surface area contributed by atoms with Crippen LogP contribution < -0.4 is 0 Å². The molecule has 23 heavy (non-hydrogen) atoms. The average Bonchev–Trinajstić information content (AvgIpc) is 2.53. The number of rotatable bonds is 17. The Morgan fingerprint density at radius 3 is 1.87 bits per heavy atom. The first kappa shape index (κ1) is 22.5. The second kappa shape index (κ2) is 17.8. The topological polar surface area (TPSA) is 49.7 Å². The van der Waals surface area contributed by atoms with E-state index in [1.54, 1.807) is 6.26 Å². The third-order valence-corrected chi connectivity index (χ3v) is 4.09. The fourth-order valence-corrected chi connectivity index (χ4v) is 2.58. The van der Waals surface area contributed by atoms with Crippen LogP contribution in [0.15, 0.2) is 12.3 Å².